The zero-order valence-corrected chi connectivity index (χ0v) is 11.6. The van der Waals surface area contributed by atoms with Crippen LogP contribution in [0, 0.1) is 0 Å². The van der Waals surface area contributed by atoms with Crippen molar-refractivity contribution in [1.29, 1.82) is 0 Å². The second-order valence-corrected chi connectivity index (χ2v) is 4.74. The molecule has 0 atom stereocenters. The molecule has 2 heterocycles. The van der Waals surface area contributed by atoms with Gasteiger partial charge in [-0.05, 0) is 23.8 Å². The minimum absolute atomic E-state index is 0.637. The van der Waals surface area contributed by atoms with Gasteiger partial charge in [0, 0.05) is 36.6 Å². The fourth-order valence-corrected chi connectivity index (χ4v) is 2.38. The van der Waals surface area contributed by atoms with Gasteiger partial charge in [0.05, 0.1) is 20.3 Å². The predicted molar refractivity (Wildman–Crippen MR) is 79.3 cm³/mol. The summed E-state index contributed by atoms with van der Waals surface area (Å²) in [6, 6.07) is 12.5. The molecule has 104 valence electrons. The van der Waals surface area contributed by atoms with Crippen LogP contribution in [-0.2, 0) is 4.74 Å². The van der Waals surface area contributed by atoms with Gasteiger partial charge in [0.25, 0.3) is 0 Å². The van der Waals surface area contributed by atoms with E-state index in [1.165, 1.54) is 11.3 Å². The van der Waals surface area contributed by atoms with E-state index >= 15 is 0 Å². The molecule has 4 heteroatoms. The molecule has 1 fully saturated rings. The third-order valence-corrected chi connectivity index (χ3v) is 3.50. The van der Waals surface area contributed by atoms with Crippen LogP contribution in [0.3, 0.4) is 0 Å². The summed E-state index contributed by atoms with van der Waals surface area (Å²) in [6.07, 6.45) is 1.84. The highest BCUT2D eigenvalue weighted by molar-refractivity contribution is 5.68. The summed E-state index contributed by atoms with van der Waals surface area (Å²) in [7, 11) is 1.63. The third-order valence-electron chi connectivity index (χ3n) is 3.50. The molecule has 0 spiro atoms. The van der Waals surface area contributed by atoms with Gasteiger partial charge in [0.15, 0.2) is 0 Å². The smallest absolute Gasteiger partial charge is 0.212 e. The topological polar surface area (TPSA) is 34.6 Å². The normalized spacial score (nSPS) is 15.2. The number of nitrogens with zero attached hydrogens (tertiary/aromatic N) is 2. The molecule has 0 amide bonds. The van der Waals surface area contributed by atoms with Gasteiger partial charge < -0.3 is 14.4 Å². The summed E-state index contributed by atoms with van der Waals surface area (Å²) in [5.74, 6) is 0.637. The summed E-state index contributed by atoms with van der Waals surface area (Å²) in [5.41, 5.74) is 3.51. The Hall–Kier alpha value is -2.07. The Kier molecular flexibility index (Phi) is 3.83. The number of hydrogen-bond donors (Lipinski definition) is 0. The van der Waals surface area contributed by atoms with Gasteiger partial charge in [0.2, 0.25) is 5.88 Å². The standard InChI is InChI=1S/C16H18N2O2/c1-19-16-6-5-14(12-17-16)13-3-2-4-15(11-13)18-7-9-20-10-8-18/h2-6,11-12H,7-10H2,1H3. The Morgan fingerprint density at radius 3 is 2.65 bits per heavy atom. The summed E-state index contributed by atoms with van der Waals surface area (Å²) >= 11 is 0. The minimum Gasteiger partial charge on any atom is -0.481 e. The molecule has 3 rings (SSSR count). The number of hydrogen-bond acceptors (Lipinski definition) is 4. The first kappa shape index (κ1) is 12.9. The maximum absolute atomic E-state index is 5.40. The van der Waals surface area contributed by atoms with Crippen molar-refractivity contribution >= 4 is 5.69 Å². The van der Waals surface area contributed by atoms with Crippen molar-refractivity contribution in [2.45, 2.75) is 0 Å². The lowest BCUT2D eigenvalue weighted by Crippen LogP contribution is -2.36. The lowest BCUT2D eigenvalue weighted by molar-refractivity contribution is 0.122. The van der Waals surface area contributed by atoms with E-state index in [9.17, 15) is 0 Å². The number of benzene rings is 1. The molecule has 0 aliphatic carbocycles. The van der Waals surface area contributed by atoms with Crippen molar-refractivity contribution in [3.8, 4) is 17.0 Å². The number of pyridine rings is 1. The zero-order valence-electron chi connectivity index (χ0n) is 11.6. The van der Waals surface area contributed by atoms with Crippen molar-refractivity contribution in [1.82, 2.24) is 4.98 Å². The van der Waals surface area contributed by atoms with Crippen LogP contribution in [0.1, 0.15) is 0 Å². The zero-order chi connectivity index (χ0) is 13.8. The van der Waals surface area contributed by atoms with E-state index in [0.717, 1.165) is 31.9 Å². The second-order valence-electron chi connectivity index (χ2n) is 4.74. The summed E-state index contributed by atoms with van der Waals surface area (Å²) in [5, 5.41) is 0. The van der Waals surface area contributed by atoms with Gasteiger partial charge >= 0.3 is 0 Å². The third kappa shape index (κ3) is 2.75. The first-order valence-electron chi connectivity index (χ1n) is 6.80. The number of aromatic nitrogens is 1. The van der Waals surface area contributed by atoms with Gasteiger partial charge in [-0.2, -0.15) is 0 Å². The molecule has 4 nitrogen and oxygen atoms in total. The van der Waals surface area contributed by atoms with E-state index in [1.54, 1.807) is 7.11 Å². The number of morpholine rings is 1. The molecular formula is C16H18N2O2. The lowest BCUT2D eigenvalue weighted by Gasteiger charge is -2.29. The lowest BCUT2D eigenvalue weighted by atomic mass is 10.1. The van der Waals surface area contributed by atoms with E-state index in [4.69, 9.17) is 9.47 Å². The van der Waals surface area contributed by atoms with Crippen LogP contribution in [-0.4, -0.2) is 38.4 Å². The van der Waals surface area contributed by atoms with Crippen molar-refractivity contribution in [3.63, 3.8) is 0 Å². The van der Waals surface area contributed by atoms with E-state index in [0.29, 0.717) is 5.88 Å². The molecular weight excluding hydrogens is 252 g/mol. The molecule has 1 aliphatic rings. The molecule has 1 saturated heterocycles. The highest BCUT2D eigenvalue weighted by atomic mass is 16.5. The predicted octanol–water partition coefficient (Wildman–Crippen LogP) is 2.59. The highest BCUT2D eigenvalue weighted by Gasteiger charge is 2.11. The maximum atomic E-state index is 5.40. The van der Waals surface area contributed by atoms with Gasteiger partial charge in [-0.3, -0.25) is 0 Å². The Morgan fingerprint density at radius 1 is 1.10 bits per heavy atom. The maximum Gasteiger partial charge on any atom is 0.212 e. The van der Waals surface area contributed by atoms with Gasteiger partial charge in [0.1, 0.15) is 0 Å². The average molecular weight is 270 g/mol. The quantitative estimate of drug-likeness (QED) is 0.858. The molecule has 0 saturated carbocycles. The van der Waals surface area contributed by atoms with E-state index in [1.807, 2.05) is 18.3 Å². The molecule has 1 aliphatic heterocycles. The molecule has 0 bridgehead atoms. The summed E-state index contributed by atoms with van der Waals surface area (Å²) in [4.78, 5) is 6.61. The Bertz CT molecular complexity index is 563. The van der Waals surface area contributed by atoms with Crippen LogP contribution < -0.4 is 9.64 Å². The van der Waals surface area contributed by atoms with Crippen LogP contribution in [0.2, 0.25) is 0 Å². The molecule has 0 radical (unpaired) electrons. The highest BCUT2D eigenvalue weighted by Crippen LogP contribution is 2.25. The average Bonchev–Trinajstić information content (AvgIpc) is 2.56. The minimum atomic E-state index is 0.637. The Morgan fingerprint density at radius 2 is 1.95 bits per heavy atom. The first-order valence-corrected chi connectivity index (χ1v) is 6.80. The molecule has 0 unspecified atom stereocenters. The number of ether oxygens (including phenoxy) is 2. The van der Waals surface area contributed by atoms with Crippen LogP contribution in [0.4, 0.5) is 5.69 Å². The van der Waals surface area contributed by atoms with Gasteiger partial charge in [-0.15, -0.1) is 0 Å². The second kappa shape index (κ2) is 5.92. The van der Waals surface area contributed by atoms with E-state index in [-0.39, 0.29) is 0 Å². The number of rotatable bonds is 3. The molecule has 1 aromatic heterocycles. The van der Waals surface area contributed by atoms with Crippen LogP contribution in [0.5, 0.6) is 5.88 Å². The SMILES string of the molecule is COc1ccc(-c2cccc(N3CCOCC3)c2)cn1. The number of methoxy groups -OCH3 is 1. The van der Waals surface area contributed by atoms with E-state index in [2.05, 4.69) is 34.1 Å². The molecule has 2 aromatic rings. The Balaban J connectivity index is 1.85. The first-order chi connectivity index (χ1) is 9.86. The van der Waals surface area contributed by atoms with Crippen LogP contribution in [0.25, 0.3) is 11.1 Å². The molecule has 1 aromatic carbocycles. The fourth-order valence-electron chi connectivity index (χ4n) is 2.38. The van der Waals surface area contributed by atoms with Crippen molar-refractivity contribution < 1.29 is 9.47 Å². The fraction of sp³-hybridized carbons (Fsp3) is 0.312. The largest absolute Gasteiger partial charge is 0.481 e. The Labute approximate surface area is 119 Å². The van der Waals surface area contributed by atoms with Gasteiger partial charge in [-0.1, -0.05) is 12.1 Å². The monoisotopic (exact) mass is 270 g/mol. The van der Waals surface area contributed by atoms with Crippen LogP contribution in [0.15, 0.2) is 42.6 Å². The molecule has 0 N–H and O–H groups in total. The van der Waals surface area contributed by atoms with Crippen molar-refractivity contribution in [3.05, 3.63) is 42.6 Å². The number of anilines is 1. The van der Waals surface area contributed by atoms with E-state index < -0.39 is 0 Å². The summed E-state index contributed by atoms with van der Waals surface area (Å²) < 4.78 is 10.5. The van der Waals surface area contributed by atoms with Crippen LogP contribution >= 0.6 is 0 Å². The molecule has 20 heavy (non-hydrogen) atoms. The van der Waals surface area contributed by atoms with Crippen molar-refractivity contribution in [2.75, 3.05) is 38.3 Å². The van der Waals surface area contributed by atoms with Crippen molar-refractivity contribution in [2.24, 2.45) is 0 Å². The van der Waals surface area contributed by atoms with Gasteiger partial charge in [-0.25, -0.2) is 4.98 Å². The summed E-state index contributed by atoms with van der Waals surface area (Å²) in [6.45, 7) is 3.50.